The molecule has 110 valence electrons. The molecule has 0 aliphatic rings. The highest BCUT2D eigenvalue weighted by molar-refractivity contribution is 5.87. The van der Waals surface area contributed by atoms with Crippen molar-refractivity contribution in [2.75, 3.05) is 0 Å². The molecule has 3 aromatic carbocycles. The number of fused-ring (bicyclic) bond motifs is 1. The molecule has 3 aromatic rings. The highest BCUT2D eigenvalue weighted by Crippen LogP contribution is 2.32. The molecule has 0 aliphatic heterocycles. The van der Waals surface area contributed by atoms with Crippen LogP contribution in [0, 0.1) is 17.0 Å². The Hall–Kier alpha value is -2.72. The SMILES string of the molecule is Cc1ccc2ccccc2c1C(O)c1cccc([N+](=O)[O-])c1. The first-order valence-corrected chi connectivity index (χ1v) is 6.98. The fourth-order valence-corrected chi connectivity index (χ4v) is 2.74. The van der Waals surface area contributed by atoms with Gasteiger partial charge in [-0.15, -0.1) is 0 Å². The molecule has 0 amide bonds. The number of aryl methyl sites for hydroxylation is 1. The Bertz CT molecular complexity index is 858. The molecule has 4 heteroatoms. The van der Waals surface area contributed by atoms with Gasteiger partial charge in [0.2, 0.25) is 0 Å². The highest BCUT2D eigenvalue weighted by Gasteiger charge is 2.18. The van der Waals surface area contributed by atoms with Gasteiger partial charge in [-0.2, -0.15) is 0 Å². The maximum Gasteiger partial charge on any atom is 0.269 e. The number of nitro groups is 1. The van der Waals surface area contributed by atoms with Crippen molar-refractivity contribution in [3.8, 4) is 0 Å². The van der Waals surface area contributed by atoms with Crippen LogP contribution in [0.2, 0.25) is 0 Å². The molecule has 1 atom stereocenters. The molecule has 0 radical (unpaired) electrons. The van der Waals surface area contributed by atoms with E-state index in [-0.39, 0.29) is 5.69 Å². The second-order valence-electron chi connectivity index (χ2n) is 5.27. The van der Waals surface area contributed by atoms with E-state index in [9.17, 15) is 15.2 Å². The summed E-state index contributed by atoms with van der Waals surface area (Å²) in [6.07, 6.45) is -0.897. The average Bonchev–Trinajstić information content (AvgIpc) is 2.54. The Morgan fingerprint density at radius 2 is 1.82 bits per heavy atom. The van der Waals surface area contributed by atoms with Crippen molar-refractivity contribution in [2.45, 2.75) is 13.0 Å². The Balaban J connectivity index is 2.17. The van der Waals surface area contributed by atoms with Crippen LogP contribution in [0.3, 0.4) is 0 Å². The van der Waals surface area contributed by atoms with Crippen LogP contribution in [0.25, 0.3) is 10.8 Å². The number of nitro benzene ring substituents is 1. The van der Waals surface area contributed by atoms with E-state index in [1.165, 1.54) is 12.1 Å². The average molecular weight is 293 g/mol. The van der Waals surface area contributed by atoms with Gasteiger partial charge in [0.15, 0.2) is 0 Å². The molecule has 0 spiro atoms. The summed E-state index contributed by atoms with van der Waals surface area (Å²) in [4.78, 5) is 10.5. The molecule has 4 nitrogen and oxygen atoms in total. The first-order chi connectivity index (χ1) is 10.6. The number of rotatable bonds is 3. The minimum atomic E-state index is -0.897. The second kappa shape index (κ2) is 5.58. The second-order valence-corrected chi connectivity index (χ2v) is 5.27. The molecule has 3 rings (SSSR count). The topological polar surface area (TPSA) is 63.4 Å². The third-order valence-corrected chi connectivity index (χ3v) is 3.86. The zero-order chi connectivity index (χ0) is 15.7. The van der Waals surface area contributed by atoms with Crippen LogP contribution in [-0.2, 0) is 0 Å². The van der Waals surface area contributed by atoms with E-state index < -0.39 is 11.0 Å². The Labute approximate surface area is 127 Å². The van der Waals surface area contributed by atoms with Gasteiger partial charge in [-0.3, -0.25) is 10.1 Å². The van der Waals surface area contributed by atoms with Crippen LogP contribution in [0.5, 0.6) is 0 Å². The molecule has 0 saturated carbocycles. The lowest BCUT2D eigenvalue weighted by molar-refractivity contribution is -0.385. The molecule has 0 bridgehead atoms. The van der Waals surface area contributed by atoms with E-state index in [4.69, 9.17) is 0 Å². The monoisotopic (exact) mass is 293 g/mol. The van der Waals surface area contributed by atoms with Gasteiger partial charge in [-0.25, -0.2) is 0 Å². The molecule has 0 aliphatic carbocycles. The van der Waals surface area contributed by atoms with Crippen molar-refractivity contribution in [3.63, 3.8) is 0 Å². The van der Waals surface area contributed by atoms with Crippen molar-refractivity contribution in [1.29, 1.82) is 0 Å². The third kappa shape index (κ3) is 2.44. The van der Waals surface area contributed by atoms with Gasteiger partial charge < -0.3 is 5.11 Å². The molecular formula is C18H15NO3. The quantitative estimate of drug-likeness (QED) is 0.583. The van der Waals surface area contributed by atoms with Gasteiger partial charge >= 0.3 is 0 Å². The smallest absolute Gasteiger partial charge is 0.269 e. The van der Waals surface area contributed by atoms with Gasteiger partial charge in [0.25, 0.3) is 5.69 Å². The zero-order valence-electron chi connectivity index (χ0n) is 12.1. The number of aliphatic hydroxyl groups is 1. The molecular weight excluding hydrogens is 278 g/mol. The van der Waals surface area contributed by atoms with E-state index in [0.717, 1.165) is 21.9 Å². The number of nitrogens with zero attached hydrogens (tertiary/aromatic N) is 1. The van der Waals surface area contributed by atoms with Gasteiger partial charge in [-0.1, -0.05) is 48.5 Å². The maximum atomic E-state index is 10.9. The Morgan fingerprint density at radius 3 is 2.59 bits per heavy atom. The highest BCUT2D eigenvalue weighted by atomic mass is 16.6. The number of non-ortho nitro benzene ring substituents is 1. The number of aliphatic hydroxyl groups excluding tert-OH is 1. The first kappa shape index (κ1) is 14.2. The van der Waals surface area contributed by atoms with Crippen LogP contribution >= 0.6 is 0 Å². The summed E-state index contributed by atoms with van der Waals surface area (Å²) in [6.45, 7) is 1.93. The third-order valence-electron chi connectivity index (χ3n) is 3.86. The summed E-state index contributed by atoms with van der Waals surface area (Å²) >= 11 is 0. The van der Waals surface area contributed by atoms with Gasteiger partial charge in [-0.05, 0) is 34.4 Å². The van der Waals surface area contributed by atoms with E-state index in [1.807, 2.05) is 43.3 Å². The minimum absolute atomic E-state index is 0.0190. The number of benzene rings is 3. The van der Waals surface area contributed by atoms with Crippen molar-refractivity contribution < 1.29 is 10.0 Å². The van der Waals surface area contributed by atoms with E-state index >= 15 is 0 Å². The lowest BCUT2D eigenvalue weighted by Gasteiger charge is -2.17. The first-order valence-electron chi connectivity index (χ1n) is 6.98. The largest absolute Gasteiger partial charge is 0.384 e. The van der Waals surface area contributed by atoms with Crippen molar-refractivity contribution >= 4 is 16.5 Å². The van der Waals surface area contributed by atoms with Gasteiger partial charge in [0.1, 0.15) is 6.10 Å². The summed E-state index contributed by atoms with van der Waals surface area (Å²) in [6, 6.07) is 17.9. The van der Waals surface area contributed by atoms with Crippen molar-refractivity contribution in [1.82, 2.24) is 0 Å². The van der Waals surface area contributed by atoms with Crippen LogP contribution in [-0.4, -0.2) is 10.0 Å². The summed E-state index contributed by atoms with van der Waals surface area (Å²) in [5.41, 5.74) is 2.25. The van der Waals surface area contributed by atoms with E-state index in [2.05, 4.69) is 0 Å². The summed E-state index contributed by atoms with van der Waals surface area (Å²) in [7, 11) is 0. The summed E-state index contributed by atoms with van der Waals surface area (Å²) in [5.74, 6) is 0. The zero-order valence-corrected chi connectivity index (χ0v) is 12.1. The fourth-order valence-electron chi connectivity index (χ4n) is 2.74. The summed E-state index contributed by atoms with van der Waals surface area (Å²) in [5, 5.41) is 23.7. The predicted molar refractivity (Wildman–Crippen MR) is 85.8 cm³/mol. The van der Waals surface area contributed by atoms with E-state index in [1.54, 1.807) is 12.1 Å². The fraction of sp³-hybridized carbons (Fsp3) is 0.111. The minimum Gasteiger partial charge on any atom is -0.384 e. The van der Waals surface area contributed by atoms with Crippen LogP contribution in [0.1, 0.15) is 22.8 Å². The van der Waals surface area contributed by atoms with Crippen LogP contribution in [0.4, 0.5) is 5.69 Å². The van der Waals surface area contributed by atoms with Gasteiger partial charge in [0.05, 0.1) is 4.92 Å². The number of hydrogen-bond acceptors (Lipinski definition) is 3. The lowest BCUT2D eigenvalue weighted by Crippen LogP contribution is -2.04. The Morgan fingerprint density at radius 1 is 1.05 bits per heavy atom. The van der Waals surface area contributed by atoms with Gasteiger partial charge in [0, 0.05) is 12.1 Å². The lowest BCUT2D eigenvalue weighted by atomic mass is 9.92. The van der Waals surface area contributed by atoms with Crippen LogP contribution < -0.4 is 0 Å². The summed E-state index contributed by atoms with van der Waals surface area (Å²) < 4.78 is 0. The van der Waals surface area contributed by atoms with Crippen molar-refractivity contribution in [2.24, 2.45) is 0 Å². The predicted octanol–water partition coefficient (Wildman–Crippen LogP) is 4.14. The molecule has 0 heterocycles. The molecule has 0 aromatic heterocycles. The normalized spacial score (nSPS) is 12.3. The Kier molecular flexibility index (Phi) is 3.61. The maximum absolute atomic E-state index is 10.9. The molecule has 0 fully saturated rings. The molecule has 22 heavy (non-hydrogen) atoms. The molecule has 0 saturated heterocycles. The standard InChI is InChI=1S/C18H15NO3/c1-12-9-10-13-5-2-3-8-16(13)17(12)18(20)14-6-4-7-15(11-14)19(21)22/h2-11,18,20H,1H3. The molecule has 1 unspecified atom stereocenters. The van der Waals surface area contributed by atoms with Crippen LogP contribution in [0.15, 0.2) is 60.7 Å². The number of hydrogen-bond donors (Lipinski definition) is 1. The van der Waals surface area contributed by atoms with Crippen molar-refractivity contribution in [3.05, 3.63) is 87.5 Å². The molecule has 1 N–H and O–H groups in total. The van der Waals surface area contributed by atoms with E-state index in [0.29, 0.717) is 5.56 Å².